The van der Waals surface area contributed by atoms with Crippen LogP contribution in [0.15, 0.2) is 30.3 Å². The molecule has 1 aromatic carbocycles. The average molecular weight is 321 g/mol. The Hall–Kier alpha value is -2.37. The van der Waals surface area contributed by atoms with Gasteiger partial charge in [0.15, 0.2) is 0 Å². The summed E-state index contributed by atoms with van der Waals surface area (Å²) in [5, 5.41) is 0. The molecule has 126 valence electrons. The van der Waals surface area contributed by atoms with E-state index in [4.69, 9.17) is 9.47 Å². The van der Waals surface area contributed by atoms with Crippen LogP contribution >= 0.6 is 0 Å². The van der Waals surface area contributed by atoms with Gasteiger partial charge < -0.3 is 14.4 Å². The average Bonchev–Trinajstić information content (AvgIpc) is 2.53. The highest BCUT2D eigenvalue weighted by molar-refractivity contribution is 5.95. The molecular formula is C17H23NO5. The van der Waals surface area contributed by atoms with E-state index >= 15 is 0 Å². The number of benzene rings is 1. The first-order valence-electron chi connectivity index (χ1n) is 7.62. The molecule has 0 unspecified atom stereocenters. The molecule has 23 heavy (non-hydrogen) atoms. The SMILES string of the molecule is CCOC(=O)CC(=O)CCCN(C)C(=O)OCc1ccccc1. The van der Waals surface area contributed by atoms with Crippen molar-refractivity contribution in [2.75, 3.05) is 20.2 Å². The van der Waals surface area contributed by atoms with Gasteiger partial charge in [-0.15, -0.1) is 0 Å². The third-order valence-corrected chi connectivity index (χ3v) is 3.11. The number of ether oxygens (including phenoxy) is 2. The Morgan fingerprint density at radius 2 is 1.78 bits per heavy atom. The first-order valence-corrected chi connectivity index (χ1v) is 7.62. The zero-order valence-electron chi connectivity index (χ0n) is 13.6. The lowest BCUT2D eigenvalue weighted by molar-refractivity contribution is -0.145. The van der Waals surface area contributed by atoms with Crippen LogP contribution in [0.5, 0.6) is 0 Å². The third kappa shape index (κ3) is 7.99. The molecule has 0 fully saturated rings. The molecule has 0 aromatic heterocycles. The van der Waals surface area contributed by atoms with Crippen molar-refractivity contribution >= 4 is 17.8 Å². The van der Waals surface area contributed by atoms with Crippen molar-refractivity contribution in [3.63, 3.8) is 0 Å². The van der Waals surface area contributed by atoms with Crippen LogP contribution in [0.4, 0.5) is 4.79 Å². The number of carbonyl (C=O) groups excluding carboxylic acids is 3. The molecule has 0 heterocycles. The molecule has 0 spiro atoms. The summed E-state index contributed by atoms with van der Waals surface area (Å²) in [4.78, 5) is 35.9. The Morgan fingerprint density at radius 3 is 2.43 bits per heavy atom. The minimum atomic E-state index is -0.506. The lowest BCUT2D eigenvalue weighted by Crippen LogP contribution is -2.28. The van der Waals surface area contributed by atoms with Crippen molar-refractivity contribution in [3.8, 4) is 0 Å². The van der Waals surface area contributed by atoms with Crippen molar-refractivity contribution in [3.05, 3.63) is 35.9 Å². The summed E-state index contributed by atoms with van der Waals surface area (Å²) in [5.41, 5.74) is 0.916. The zero-order valence-corrected chi connectivity index (χ0v) is 13.6. The number of Topliss-reactive ketones (excluding diaryl/α,β-unsaturated/α-hetero) is 1. The fraction of sp³-hybridized carbons (Fsp3) is 0.471. The molecule has 1 rings (SSSR count). The van der Waals surface area contributed by atoms with Gasteiger partial charge in [-0.1, -0.05) is 30.3 Å². The van der Waals surface area contributed by atoms with Crippen LogP contribution in [-0.4, -0.2) is 42.9 Å². The molecule has 0 radical (unpaired) electrons. The van der Waals surface area contributed by atoms with Crippen LogP contribution < -0.4 is 0 Å². The molecule has 6 heteroatoms. The number of hydrogen-bond donors (Lipinski definition) is 0. The molecule has 0 saturated carbocycles. The third-order valence-electron chi connectivity index (χ3n) is 3.11. The van der Waals surface area contributed by atoms with Crippen LogP contribution in [0.1, 0.15) is 31.7 Å². The fourth-order valence-electron chi connectivity index (χ4n) is 1.90. The zero-order chi connectivity index (χ0) is 17.1. The van der Waals surface area contributed by atoms with Crippen LogP contribution in [0.25, 0.3) is 0 Å². The summed E-state index contributed by atoms with van der Waals surface area (Å²) in [6.45, 7) is 2.56. The highest BCUT2D eigenvalue weighted by atomic mass is 16.6. The lowest BCUT2D eigenvalue weighted by atomic mass is 10.1. The topological polar surface area (TPSA) is 72.9 Å². The van der Waals surface area contributed by atoms with Crippen molar-refractivity contribution in [1.82, 2.24) is 4.90 Å². The molecule has 6 nitrogen and oxygen atoms in total. The number of esters is 1. The predicted octanol–water partition coefficient (Wildman–Crippen LogP) is 2.56. The van der Waals surface area contributed by atoms with Gasteiger partial charge in [-0.25, -0.2) is 4.79 Å². The van der Waals surface area contributed by atoms with Gasteiger partial charge in [0.25, 0.3) is 0 Å². The number of carbonyl (C=O) groups is 3. The maximum Gasteiger partial charge on any atom is 0.409 e. The molecule has 1 aromatic rings. The Balaban J connectivity index is 2.20. The maximum absolute atomic E-state index is 11.8. The Kier molecular flexibility index (Phi) is 8.42. The van der Waals surface area contributed by atoms with E-state index in [-0.39, 0.29) is 31.8 Å². The van der Waals surface area contributed by atoms with Gasteiger partial charge in [0.1, 0.15) is 18.8 Å². The summed E-state index contributed by atoms with van der Waals surface area (Å²) in [7, 11) is 1.61. The van der Waals surface area contributed by atoms with E-state index in [0.717, 1.165) is 5.56 Å². The number of hydrogen-bond acceptors (Lipinski definition) is 5. The summed E-state index contributed by atoms with van der Waals surface area (Å²) in [6, 6.07) is 9.40. The summed E-state index contributed by atoms with van der Waals surface area (Å²) in [6.07, 6.45) is 0.0621. The maximum atomic E-state index is 11.8. The van der Waals surface area contributed by atoms with Crippen molar-refractivity contribution in [2.24, 2.45) is 0 Å². The van der Waals surface area contributed by atoms with Crippen LogP contribution in [0.3, 0.4) is 0 Å². The smallest absolute Gasteiger partial charge is 0.409 e. The van der Waals surface area contributed by atoms with Gasteiger partial charge >= 0.3 is 12.1 Å². The molecule has 0 atom stereocenters. The van der Waals surface area contributed by atoms with E-state index in [1.54, 1.807) is 14.0 Å². The molecule has 1 amide bonds. The van der Waals surface area contributed by atoms with Gasteiger partial charge in [-0.05, 0) is 18.9 Å². The van der Waals surface area contributed by atoms with Gasteiger partial charge in [-0.2, -0.15) is 0 Å². The molecule has 0 saturated heterocycles. The monoisotopic (exact) mass is 321 g/mol. The predicted molar refractivity (Wildman–Crippen MR) is 84.7 cm³/mol. The number of rotatable bonds is 9. The van der Waals surface area contributed by atoms with Gasteiger partial charge in [0.05, 0.1) is 6.61 Å². The minimum Gasteiger partial charge on any atom is -0.466 e. The second-order valence-corrected chi connectivity index (χ2v) is 5.09. The fourth-order valence-corrected chi connectivity index (χ4v) is 1.90. The van der Waals surface area contributed by atoms with Crippen LogP contribution in [0, 0.1) is 0 Å². The van der Waals surface area contributed by atoms with E-state index in [9.17, 15) is 14.4 Å². The number of nitrogens with zero attached hydrogens (tertiary/aromatic N) is 1. The largest absolute Gasteiger partial charge is 0.466 e. The highest BCUT2D eigenvalue weighted by Crippen LogP contribution is 2.04. The van der Waals surface area contributed by atoms with E-state index in [2.05, 4.69) is 0 Å². The molecule has 0 bridgehead atoms. The van der Waals surface area contributed by atoms with E-state index in [1.807, 2.05) is 30.3 Å². The van der Waals surface area contributed by atoms with Crippen LogP contribution in [0.2, 0.25) is 0 Å². The Morgan fingerprint density at radius 1 is 1.09 bits per heavy atom. The Labute approximate surface area is 136 Å². The molecule has 0 aliphatic carbocycles. The molecule has 0 aliphatic heterocycles. The highest BCUT2D eigenvalue weighted by Gasteiger charge is 2.13. The first kappa shape index (κ1) is 18.7. The Bertz CT molecular complexity index is 515. The lowest BCUT2D eigenvalue weighted by Gasteiger charge is -2.16. The van der Waals surface area contributed by atoms with Crippen molar-refractivity contribution in [2.45, 2.75) is 32.8 Å². The van der Waals surface area contributed by atoms with Crippen LogP contribution in [-0.2, 0) is 25.7 Å². The van der Waals surface area contributed by atoms with E-state index in [0.29, 0.717) is 13.0 Å². The van der Waals surface area contributed by atoms with E-state index in [1.165, 1.54) is 4.90 Å². The minimum absolute atomic E-state index is 0.186. The second kappa shape index (κ2) is 10.4. The summed E-state index contributed by atoms with van der Waals surface area (Å²) >= 11 is 0. The first-order chi connectivity index (χ1) is 11.0. The summed E-state index contributed by atoms with van der Waals surface area (Å²) in [5.74, 6) is -0.692. The summed E-state index contributed by atoms with van der Waals surface area (Å²) < 4.78 is 9.88. The molecule has 0 N–H and O–H groups in total. The normalized spacial score (nSPS) is 10.0. The number of amides is 1. The van der Waals surface area contributed by atoms with Gasteiger partial charge in [0.2, 0.25) is 0 Å². The van der Waals surface area contributed by atoms with Gasteiger partial charge in [-0.3, -0.25) is 9.59 Å². The standard InChI is InChI=1S/C17H23NO5/c1-3-22-16(20)12-15(19)10-7-11-18(2)17(21)23-13-14-8-5-4-6-9-14/h4-6,8-9H,3,7,10-13H2,1-2H3. The molecular weight excluding hydrogens is 298 g/mol. The second-order valence-electron chi connectivity index (χ2n) is 5.09. The molecule has 0 aliphatic rings. The van der Waals surface area contributed by atoms with E-state index < -0.39 is 12.1 Å². The van der Waals surface area contributed by atoms with Crippen molar-refractivity contribution < 1.29 is 23.9 Å². The quantitative estimate of drug-likeness (QED) is 0.516. The number of ketones is 1. The van der Waals surface area contributed by atoms with Gasteiger partial charge in [0, 0.05) is 20.0 Å². The van der Waals surface area contributed by atoms with Crippen molar-refractivity contribution in [1.29, 1.82) is 0 Å².